The molecule has 0 saturated carbocycles. The predicted octanol–water partition coefficient (Wildman–Crippen LogP) is -0.0479. The summed E-state index contributed by atoms with van der Waals surface area (Å²) in [6, 6.07) is 0. The van der Waals surface area contributed by atoms with E-state index in [4.69, 9.17) is 4.74 Å². The molecule has 1 atom stereocenters. The first-order chi connectivity index (χ1) is 8.75. The summed E-state index contributed by atoms with van der Waals surface area (Å²) in [4.78, 5) is 13.6. The maximum absolute atomic E-state index is 12.0. The van der Waals surface area contributed by atoms with Gasteiger partial charge in [-0.15, -0.1) is 0 Å². The predicted molar refractivity (Wildman–Crippen MR) is 64.9 cm³/mol. The number of ether oxygens (including phenoxy) is 1. The molecule has 1 aliphatic heterocycles. The number of aromatic amines is 1. The highest BCUT2D eigenvalue weighted by molar-refractivity contribution is 5.76. The first kappa shape index (κ1) is 13.0. The van der Waals surface area contributed by atoms with Crippen LogP contribution in [-0.4, -0.2) is 58.5 Å². The highest BCUT2D eigenvalue weighted by Crippen LogP contribution is 2.07. The van der Waals surface area contributed by atoms with Crippen LogP contribution in [0.15, 0.2) is 12.4 Å². The Morgan fingerprint density at radius 1 is 1.67 bits per heavy atom. The third kappa shape index (κ3) is 3.82. The zero-order chi connectivity index (χ0) is 12.8. The van der Waals surface area contributed by atoms with E-state index in [0.717, 1.165) is 18.4 Å². The lowest BCUT2D eigenvalue weighted by molar-refractivity contribution is -0.132. The van der Waals surface area contributed by atoms with Crippen LogP contribution >= 0.6 is 0 Å². The number of aromatic nitrogens is 2. The second-order valence-corrected chi connectivity index (χ2v) is 4.53. The summed E-state index contributed by atoms with van der Waals surface area (Å²) in [6.07, 6.45) is 5.19. The Hall–Kier alpha value is -1.40. The van der Waals surface area contributed by atoms with Gasteiger partial charge in [-0.25, -0.2) is 0 Å². The van der Waals surface area contributed by atoms with Crippen LogP contribution in [-0.2, 0) is 16.0 Å². The van der Waals surface area contributed by atoms with Crippen molar-refractivity contribution in [3.05, 3.63) is 18.0 Å². The Morgan fingerprint density at radius 2 is 2.56 bits per heavy atom. The molecule has 18 heavy (non-hydrogen) atoms. The van der Waals surface area contributed by atoms with Crippen LogP contribution in [0.3, 0.4) is 0 Å². The summed E-state index contributed by atoms with van der Waals surface area (Å²) in [7, 11) is 0. The molecule has 0 spiro atoms. The van der Waals surface area contributed by atoms with Crippen LogP contribution < -0.4 is 0 Å². The molecule has 0 radical (unpaired) electrons. The van der Waals surface area contributed by atoms with E-state index in [9.17, 15) is 9.90 Å². The van der Waals surface area contributed by atoms with Gasteiger partial charge in [-0.05, 0) is 18.4 Å². The van der Waals surface area contributed by atoms with Gasteiger partial charge in [0.2, 0.25) is 5.91 Å². The van der Waals surface area contributed by atoms with Gasteiger partial charge in [0.25, 0.3) is 0 Å². The Balaban J connectivity index is 1.73. The van der Waals surface area contributed by atoms with E-state index in [-0.39, 0.29) is 5.91 Å². The van der Waals surface area contributed by atoms with Gasteiger partial charge in [0.05, 0.1) is 25.5 Å². The number of nitrogens with zero attached hydrogens (tertiary/aromatic N) is 2. The van der Waals surface area contributed by atoms with Crippen LogP contribution in [0, 0.1) is 0 Å². The van der Waals surface area contributed by atoms with Crippen molar-refractivity contribution >= 4 is 5.91 Å². The number of rotatable bonds is 4. The fourth-order valence-corrected chi connectivity index (χ4v) is 2.04. The minimum Gasteiger partial charge on any atom is -0.389 e. The Labute approximate surface area is 106 Å². The number of H-pyrrole nitrogens is 1. The summed E-state index contributed by atoms with van der Waals surface area (Å²) in [5.74, 6) is 0.0862. The van der Waals surface area contributed by atoms with Crippen LogP contribution in [0.5, 0.6) is 0 Å². The number of carbonyl (C=O) groups is 1. The van der Waals surface area contributed by atoms with Crippen molar-refractivity contribution in [3.63, 3.8) is 0 Å². The molecule has 1 aromatic heterocycles. The standard InChI is InChI=1S/C12H19N3O3/c16-11-8-15(4-5-18-9-11)12(17)3-1-2-10-6-13-14-7-10/h6-7,11,16H,1-5,8-9H2,(H,13,14)/t11-/m0/s1. The number of hydrogen-bond acceptors (Lipinski definition) is 4. The van der Waals surface area contributed by atoms with E-state index in [1.807, 2.05) is 6.20 Å². The molecule has 6 heteroatoms. The van der Waals surface area contributed by atoms with Crippen molar-refractivity contribution in [2.45, 2.75) is 25.4 Å². The molecule has 100 valence electrons. The van der Waals surface area contributed by atoms with Gasteiger partial charge in [-0.3, -0.25) is 9.89 Å². The van der Waals surface area contributed by atoms with E-state index in [1.165, 1.54) is 0 Å². The van der Waals surface area contributed by atoms with Gasteiger partial charge in [0.15, 0.2) is 0 Å². The van der Waals surface area contributed by atoms with Gasteiger partial charge in [-0.1, -0.05) is 0 Å². The molecular formula is C12H19N3O3. The Kier molecular flexibility index (Phi) is 4.72. The first-order valence-electron chi connectivity index (χ1n) is 6.27. The number of aliphatic hydroxyl groups is 1. The second kappa shape index (κ2) is 6.51. The summed E-state index contributed by atoms with van der Waals surface area (Å²) in [5, 5.41) is 16.2. The molecule has 1 aliphatic rings. The van der Waals surface area contributed by atoms with Gasteiger partial charge in [0, 0.05) is 25.7 Å². The molecule has 2 rings (SSSR count). The number of hydrogen-bond donors (Lipinski definition) is 2. The molecule has 2 heterocycles. The third-order valence-corrected chi connectivity index (χ3v) is 3.01. The van der Waals surface area contributed by atoms with Crippen LogP contribution in [0.1, 0.15) is 18.4 Å². The third-order valence-electron chi connectivity index (χ3n) is 3.01. The topological polar surface area (TPSA) is 78.5 Å². The lowest BCUT2D eigenvalue weighted by atomic mass is 10.1. The number of carbonyl (C=O) groups excluding carboxylic acids is 1. The average Bonchev–Trinajstić information content (AvgIpc) is 2.77. The summed E-state index contributed by atoms with van der Waals surface area (Å²) in [5.41, 5.74) is 1.11. The average molecular weight is 253 g/mol. The molecule has 0 bridgehead atoms. The SMILES string of the molecule is O=C(CCCc1cn[nH]c1)N1CCOC[C@@H](O)C1. The zero-order valence-electron chi connectivity index (χ0n) is 10.3. The number of aliphatic hydroxyl groups excluding tert-OH is 1. The molecule has 1 fully saturated rings. The fraction of sp³-hybridized carbons (Fsp3) is 0.667. The van der Waals surface area contributed by atoms with Crippen molar-refractivity contribution in [1.82, 2.24) is 15.1 Å². The quantitative estimate of drug-likeness (QED) is 0.788. The Morgan fingerprint density at radius 3 is 3.33 bits per heavy atom. The van der Waals surface area contributed by atoms with E-state index < -0.39 is 6.10 Å². The van der Waals surface area contributed by atoms with Crippen LogP contribution in [0.4, 0.5) is 0 Å². The molecule has 1 aromatic rings. The van der Waals surface area contributed by atoms with E-state index in [2.05, 4.69) is 10.2 Å². The molecule has 0 aromatic carbocycles. The zero-order valence-corrected chi connectivity index (χ0v) is 10.3. The molecule has 6 nitrogen and oxygen atoms in total. The van der Waals surface area contributed by atoms with E-state index >= 15 is 0 Å². The molecule has 1 saturated heterocycles. The maximum Gasteiger partial charge on any atom is 0.222 e. The summed E-state index contributed by atoms with van der Waals surface area (Å²) < 4.78 is 5.19. The largest absolute Gasteiger partial charge is 0.389 e. The molecule has 0 aliphatic carbocycles. The maximum atomic E-state index is 12.0. The van der Waals surface area contributed by atoms with Gasteiger partial charge >= 0.3 is 0 Å². The lowest BCUT2D eigenvalue weighted by Crippen LogP contribution is -2.37. The molecule has 1 amide bonds. The van der Waals surface area contributed by atoms with Crippen molar-refractivity contribution in [2.75, 3.05) is 26.3 Å². The van der Waals surface area contributed by atoms with Gasteiger partial charge in [-0.2, -0.15) is 5.10 Å². The molecule has 0 unspecified atom stereocenters. The smallest absolute Gasteiger partial charge is 0.222 e. The number of nitrogens with one attached hydrogen (secondary N) is 1. The highest BCUT2D eigenvalue weighted by Gasteiger charge is 2.20. The molecular weight excluding hydrogens is 234 g/mol. The normalized spacial score (nSPS) is 20.7. The minimum atomic E-state index is -0.565. The van der Waals surface area contributed by atoms with E-state index in [0.29, 0.717) is 32.7 Å². The van der Waals surface area contributed by atoms with Crippen molar-refractivity contribution in [1.29, 1.82) is 0 Å². The van der Waals surface area contributed by atoms with Crippen molar-refractivity contribution in [3.8, 4) is 0 Å². The molecule has 2 N–H and O–H groups in total. The van der Waals surface area contributed by atoms with Crippen molar-refractivity contribution in [2.24, 2.45) is 0 Å². The first-order valence-corrected chi connectivity index (χ1v) is 6.27. The fourth-order valence-electron chi connectivity index (χ4n) is 2.04. The monoisotopic (exact) mass is 253 g/mol. The minimum absolute atomic E-state index is 0.0862. The number of aryl methyl sites for hydroxylation is 1. The van der Waals surface area contributed by atoms with Crippen LogP contribution in [0.2, 0.25) is 0 Å². The second-order valence-electron chi connectivity index (χ2n) is 4.53. The number of β-amino-alcohol motifs (C(OH)–C–C–N with tert-alkyl or cyclic N) is 1. The number of amides is 1. The van der Waals surface area contributed by atoms with Gasteiger partial charge < -0.3 is 14.7 Å². The van der Waals surface area contributed by atoms with Crippen LogP contribution in [0.25, 0.3) is 0 Å². The van der Waals surface area contributed by atoms with E-state index in [1.54, 1.807) is 11.1 Å². The lowest BCUT2D eigenvalue weighted by Gasteiger charge is -2.21. The Bertz CT molecular complexity index is 367. The van der Waals surface area contributed by atoms with Crippen molar-refractivity contribution < 1.29 is 14.6 Å². The summed E-state index contributed by atoms with van der Waals surface area (Å²) in [6.45, 7) is 1.77. The highest BCUT2D eigenvalue weighted by atomic mass is 16.5. The summed E-state index contributed by atoms with van der Waals surface area (Å²) >= 11 is 0. The van der Waals surface area contributed by atoms with Gasteiger partial charge in [0.1, 0.15) is 0 Å².